The zero-order valence-electron chi connectivity index (χ0n) is 17.6. The smallest absolute Gasteiger partial charge is 0.318 e. The van der Waals surface area contributed by atoms with Gasteiger partial charge in [0.05, 0.1) is 16.3 Å². The van der Waals surface area contributed by atoms with Gasteiger partial charge < -0.3 is 9.88 Å². The van der Waals surface area contributed by atoms with Gasteiger partial charge in [-0.25, -0.2) is 5.43 Å². The molecular formula is C23H22Cl2N4O2. The molecule has 0 bridgehead atoms. The quantitative estimate of drug-likeness (QED) is 0.325. The Morgan fingerprint density at radius 2 is 1.65 bits per heavy atom. The molecule has 0 atom stereocenters. The van der Waals surface area contributed by atoms with E-state index in [0.29, 0.717) is 15.7 Å². The Morgan fingerprint density at radius 3 is 2.32 bits per heavy atom. The number of aromatic nitrogens is 1. The molecule has 0 aliphatic heterocycles. The van der Waals surface area contributed by atoms with Crippen LogP contribution < -0.4 is 10.7 Å². The minimum absolute atomic E-state index is 0.462. The van der Waals surface area contributed by atoms with Crippen molar-refractivity contribution in [3.63, 3.8) is 0 Å². The number of hydrogen-bond donors (Lipinski definition) is 2. The number of benzene rings is 2. The van der Waals surface area contributed by atoms with E-state index in [1.807, 2.05) is 56.5 Å². The first-order valence-electron chi connectivity index (χ1n) is 9.53. The Kier molecular flexibility index (Phi) is 6.83. The van der Waals surface area contributed by atoms with Crippen molar-refractivity contribution in [3.05, 3.63) is 80.6 Å². The van der Waals surface area contributed by atoms with Gasteiger partial charge in [0, 0.05) is 28.3 Å². The minimum atomic E-state index is -0.854. The van der Waals surface area contributed by atoms with E-state index in [0.717, 1.165) is 33.8 Å². The van der Waals surface area contributed by atoms with Gasteiger partial charge in [-0.05, 0) is 75.2 Å². The number of anilines is 1. The third kappa shape index (κ3) is 5.16. The Morgan fingerprint density at radius 1 is 0.903 bits per heavy atom. The number of hydrogen-bond acceptors (Lipinski definition) is 3. The van der Waals surface area contributed by atoms with Gasteiger partial charge in [-0.15, -0.1) is 0 Å². The summed E-state index contributed by atoms with van der Waals surface area (Å²) in [5.74, 6) is -1.64. The van der Waals surface area contributed by atoms with E-state index in [2.05, 4.69) is 15.8 Å². The highest BCUT2D eigenvalue weighted by Crippen LogP contribution is 2.27. The van der Waals surface area contributed by atoms with Crippen LogP contribution in [0.15, 0.2) is 47.6 Å². The average Bonchev–Trinajstić information content (AvgIpc) is 3.00. The summed E-state index contributed by atoms with van der Waals surface area (Å²) in [4.78, 5) is 24.2. The van der Waals surface area contributed by atoms with Crippen LogP contribution in [0.4, 0.5) is 5.69 Å². The molecule has 0 saturated carbocycles. The Balaban J connectivity index is 1.69. The van der Waals surface area contributed by atoms with Crippen molar-refractivity contribution < 1.29 is 9.59 Å². The molecule has 0 saturated heterocycles. The lowest BCUT2D eigenvalue weighted by atomic mass is 10.1. The number of carbonyl (C=O) groups excluding carboxylic acids is 2. The summed E-state index contributed by atoms with van der Waals surface area (Å²) in [6, 6.07) is 12.7. The number of hydrazone groups is 1. The summed E-state index contributed by atoms with van der Waals surface area (Å²) in [6.07, 6.45) is 1.50. The van der Waals surface area contributed by atoms with E-state index in [1.54, 1.807) is 18.2 Å². The number of carbonyl (C=O) groups is 2. The van der Waals surface area contributed by atoms with Gasteiger partial charge in [0.2, 0.25) is 0 Å². The number of rotatable bonds is 4. The van der Waals surface area contributed by atoms with Crippen molar-refractivity contribution in [2.45, 2.75) is 27.7 Å². The van der Waals surface area contributed by atoms with E-state index in [4.69, 9.17) is 23.2 Å². The maximum atomic E-state index is 12.1. The third-order valence-corrected chi connectivity index (χ3v) is 5.71. The minimum Gasteiger partial charge on any atom is -0.318 e. The van der Waals surface area contributed by atoms with E-state index >= 15 is 0 Å². The number of nitrogens with one attached hydrogen (secondary N) is 2. The first-order valence-corrected chi connectivity index (χ1v) is 10.3. The molecule has 0 spiro atoms. The molecule has 0 fully saturated rings. The summed E-state index contributed by atoms with van der Waals surface area (Å²) in [6.45, 7) is 7.78. The maximum absolute atomic E-state index is 12.1. The first-order chi connectivity index (χ1) is 14.7. The normalized spacial score (nSPS) is 11.0. The molecule has 2 aromatic carbocycles. The third-order valence-electron chi connectivity index (χ3n) is 4.97. The zero-order valence-corrected chi connectivity index (χ0v) is 19.1. The fourth-order valence-electron chi connectivity index (χ4n) is 3.16. The van der Waals surface area contributed by atoms with Gasteiger partial charge in [0.25, 0.3) is 0 Å². The van der Waals surface area contributed by atoms with Crippen molar-refractivity contribution in [3.8, 4) is 5.69 Å². The number of nitrogens with zero attached hydrogens (tertiary/aromatic N) is 2. The zero-order chi connectivity index (χ0) is 22.7. The standard InChI is InChI=1S/C23H22Cl2N4O2/c1-13-5-6-18(9-14(13)2)27-22(30)23(31)28-26-12-17-10-15(3)29(16(17)4)19-7-8-20(24)21(25)11-19/h5-12H,1-4H3,(H,27,30)(H,28,31)/b26-12-. The molecule has 1 heterocycles. The highest BCUT2D eigenvalue weighted by molar-refractivity contribution is 6.42. The van der Waals surface area contributed by atoms with Crippen LogP contribution in [0.25, 0.3) is 5.69 Å². The van der Waals surface area contributed by atoms with E-state index < -0.39 is 11.8 Å². The SMILES string of the molecule is Cc1ccc(NC(=O)C(=O)N/N=C\c2cc(C)n(-c3ccc(Cl)c(Cl)c3)c2C)cc1C. The van der Waals surface area contributed by atoms with Crippen molar-refractivity contribution in [1.29, 1.82) is 0 Å². The Bertz CT molecular complexity index is 1200. The molecule has 160 valence electrons. The predicted molar refractivity (Wildman–Crippen MR) is 126 cm³/mol. The highest BCUT2D eigenvalue weighted by Gasteiger charge is 2.14. The highest BCUT2D eigenvalue weighted by atomic mass is 35.5. The first kappa shape index (κ1) is 22.6. The van der Waals surface area contributed by atoms with Crippen LogP contribution in [0.3, 0.4) is 0 Å². The predicted octanol–water partition coefficient (Wildman–Crippen LogP) is 5.11. The molecule has 6 nitrogen and oxygen atoms in total. The number of aryl methyl sites for hydroxylation is 3. The molecule has 2 amide bonds. The number of halogens is 2. The molecule has 31 heavy (non-hydrogen) atoms. The second-order valence-electron chi connectivity index (χ2n) is 7.21. The second kappa shape index (κ2) is 9.37. The van der Waals surface area contributed by atoms with Crippen LogP contribution in [0.1, 0.15) is 28.1 Å². The van der Waals surface area contributed by atoms with Crippen molar-refractivity contribution >= 4 is 46.9 Å². The molecule has 2 N–H and O–H groups in total. The Labute approximate surface area is 190 Å². The topological polar surface area (TPSA) is 75.5 Å². The van der Waals surface area contributed by atoms with E-state index in [1.165, 1.54) is 6.21 Å². The molecule has 1 aromatic heterocycles. The van der Waals surface area contributed by atoms with E-state index in [9.17, 15) is 9.59 Å². The van der Waals surface area contributed by atoms with Crippen LogP contribution in [-0.2, 0) is 9.59 Å². The average molecular weight is 457 g/mol. The lowest BCUT2D eigenvalue weighted by Crippen LogP contribution is -2.32. The van der Waals surface area contributed by atoms with Crippen molar-refractivity contribution in [2.24, 2.45) is 5.10 Å². The summed E-state index contributed by atoms with van der Waals surface area (Å²) >= 11 is 12.1. The maximum Gasteiger partial charge on any atom is 0.329 e. The van der Waals surface area contributed by atoms with Crippen molar-refractivity contribution in [1.82, 2.24) is 9.99 Å². The Hall–Kier alpha value is -3.09. The molecule has 3 aromatic rings. The van der Waals surface area contributed by atoms with Gasteiger partial charge in [0.15, 0.2) is 0 Å². The summed E-state index contributed by atoms with van der Waals surface area (Å²) < 4.78 is 2.00. The fourth-order valence-corrected chi connectivity index (χ4v) is 3.45. The van der Waals surface area contributed by atoms with Gasteiger partial charge in [-0.2, -0.15) is 5.10 Å². The lowest BCUT2D eigenvalue weighted by molar-refractivity contribution is -0.136. The molecular weight excluding hydrogens is 435 g/mol. The second-order valence-corrected chi connectivity index (χ2v) is 8.03. The van der Waals surface area contributed by atoms with Crippen LogP contribution in [-0.4, -0.2) is 22.6 Å². The monoisotopic (exact) mass is 456 g/mol. The molecule has 0 aliphatic carbocycles. The van der Waals surface area contributed by atoms with Crippen LogP contribution in [0, 0.1) is 27.7 Å². The molecule has 8 heteroatoms. The van der Waals surface area contributed by atoms with Crippen LogP contribution in [0.5, 0.6) is 0 Å². The number of amides is 2. The van der Waals surface area contributed by atoms with Crippen LogP contribution >= 0.6 is 23.2 Å². The van der Waals surface area contributed by atoms with Crippen LogP contribution in [0.2, 0.25) is 10.0 Å². The summed E-state index contributed by atoms with van der Waals surface area (Å²) in [7, 11) is 0. The summed E-state index contributed by atoms with van der Waals surface area (Å²) in [5.41, 5.74) is 8.44. The molecule has 3 rings (SSSR count). The fraction of sp³-hybridized carbons (Fsp3) is 0.174. The van der Waals surface area contributed by atoms with E-state index in [-0.39, 0.29) is 0 Å². The van der Waals surface area contributed by atoms with Gasteiger partial charge in [-0.3, -0.25) is 9.59 Å². The molecule has 0 unspecified atom stereocenters. The van der Waals surface area contributed by atoms with Gasteiger partial charge in [-0.1, -0.05) is 29.3 Å². The molecule has 0 radical (unpaired) electrons. The molecule has 0 aliphatic rings. The largest absolute Gasteiger partial charge is 0.329 e. The lowest BCUT2D eigenvalue weighted by Gasteiger charge is -2.10. The van der Waals surface area contributed by atoms with Crippen molar-refractivity contribution in [2.75, 3.05) is 5.32 Å². The van der Waals surface area contributed by atoms with Gasteiger partial charge in [0.1, 0.15) is 0 Å². The summed E-state index contributed by atoms with van der Waals surface area (Å²) in [5, 5.41) is 7.44. The van der Waals surface area contributed by atoms with Gasteiger partial charge >= 0.3 is 11.8 Å².